The van der Waals surface area contributed by atoms with Crippen LogP contribution in [0.3, 0.4) is 0 Å². The molecule has 0 bridgehead atoms. The molecule has 1 aliphatic rings. The largest absolute Gasteiger partial charge is 0.358 e. The summed E-state index contributed by atoms with van der Waals surface area (Å²) >= 11 is 0. The van der Waals surface area contributed by atoms with E-state index in [9.17, 15) is 14.0 Å². The van der Waals surface area contributed by atoms with Crippen molar-refractivity contribution >= 4 is 16.6 Å². The van der Waals surface area contributed by atoms with Gasteiger partial charge in [0.05, 0.1) is 28.5 Å². The fourth-order valence-electron chi connectivity index (χ4n) is 3.88. The molecule has 0 saturated heterocycles. The van der Waals surface area contributed by atoms with Crippen LogP contribution in [0, 0.1) is 11.3 Å². The molecule has 2 aromatic rings. The van der Waals surface area contributed by atoms with Crippen LogP contribution in [0.25, 0.3) is 16.6 Å². The molecule has 3 rings (SSSR count). The number of hydrogen-bond donors (Lipinski definition) is 0. The van der Waals surface area contributed by atoms with E-state index in [-0.39, 0.29) is 6.04 Å². The molecule has 3 nitrogen and oxygen atoms in total. The number of alkyl halides is 2. The molecule has 0 atom stereocenters. The van der Waals surface area contributed by atoms with Gasteiger partial charge in [0.2, 0.25) is 0 Å². The third-order valence-corrected chi connectivity index (χ3v) is 5.36. The normalized spacial score (nSPS) is 14.4. The maximum Gasteiger partial charge on any atom is 0.112 e. The summed E-state index contributed by atoms with van der Waals surface area (Å²) in [6, 6.07) is 7.78. The zero-order chi connectivity index (χ0) is 20.4. The third-order valence-electron chi connectivity index (χ3n) is 5.36. The van der Waals surface area contributed by atoms with E-state index in [1.165, 1.54) is 5.56 Å². The molecule has 28 heavy (non-hydrogen) atoms. The molecule has 1 aliphatic heterocycles. The lowest BCUT2D eigenvalue weighted by Gasteiger charge is -2.34. The van der Waals surface area contributed by atoms with Gasteiger partial charge >= 0.3 is 0 Å². The summed E-state index contributed by atoms with van der Waals surface area (Å²) in [5, 5.41) is 10.9. The Bertz CT molecular complexity index is 956. The zero-order valence-electron chi connectivity index (χ0n) is 16.9. The second-order valence-electron chi connectivity index (χ2n) is 7.83. The minimum Gasteiger partial charge on any atom is -0.358 e. The van der Waals surface area contributed by atoms with E-state index < -0.39 is 19.4 Å². The van der Waals surface area contributed by atoms with Gasteiger partial charge < -0.3 is 9.47 Å². The Morgan fingerprint density at radius 2 is 1.86 bits per heavy atom. The number of rotatable bonds is 6. The molecule has 1 aromatic carbocycles. The molecule has 0 aliphatic carbocycles. The van der Waals surface area contributed by atoms with Gasteiger partial charge in [-0.3, -0.25) is 0 Å². The highest BCUT2D eigenvalue weighted by molar-refractivity contribution is 5.93. The van der Waals surface area contributed by atoms with Crippen molar-refractivity contribution in [1.29, 1.82) is 5.26 Å². The minimum atomic E-state index is -0.854. The molecular weight excluding hydrogens is 356 g/mol. The number of aromatic nitrogens is 1. The molecule has 1 aromatic heterocycles. The average molecular weight is 383 g/mol. The van der Waals surface area contributed by atoms with Crippen molar-refractivity contribution < 1.29 is 8.78 Å². The lowest BCUT2D eigenvalue weighted by molar-refractivity contribution is 0.211. The highest BCUT2D eigenvalue weighted by atomic mass is 19.1. The number of halogens is 2. The molecule has 0 unspecified atom stereocenters. The Kier molecular flexibility index (Phi) is 5.88. The number of allylic oxidation sites excluding steroid dienone is 2. The first-order chi connectivity index (χ1) is 13.4. The van der Waals surface area contributed by atoms with Crippen molar-refractivity contribution in [3.63, 3.8) is 0 Å². The maximum atomic E-state index is 13.5. The van der Waals surface area contributed by atoms with Gasteiger partial charge in [-0.25, -0.2) is 8.78 Å². The third kappa shape index (κ3) is 3.32. The van der Waals surface area contributed by atoms with Crippen LogP contribution in [0.15, 0.2) is 36.4 Å². The smallest absolute Gasteiger partial charge is 0.112 e. The fourth-order valence-corrected chi connectivity index (χ4v) is 3.88. The van der Waals surface area contributed by atoms with Crippen LogP contribution in [-0.2, 0) is 0 Å². The van der Waals surface area contributed by atoms with E-state index in [4.69, 9.17) is 0 Å². The number of nitrogens with zero attached hydrogens (tertiary/aromatic N) is 3. The summed E-state index contributed by atoms with van der Waals surface area (Å²) < 4.78 is 29.2. The van der Waals surface area contributed by atoms with E-state index in [0.717, 1.165) is 16.6 Å². The first-order valence-electron chi connectivity index (χ1n) is 9.78. The second-order valence-corrected chi connectivity index (χ2v) is 7.83. The van der Waals surface area contributed by atoms with E-state index in [1.807, 2.05) is 24.3 Å². The first-order valence-corrected chi connectivity index (χ1v) is 9.78. The predicted octanol–water partition coefficient (Wildman–Crippen LogP) is 5.74. The molecule has 0 spiro atoms. The Balaban J connectivity index is 2.33. The zero-order valence-corrected chi connectivity index (χ0v) is 16.9. The van der Waals surface area contributed by atoms with E-state index in [0.29, 0.717) is 23.7 Å². The number of fused-ring (bicyclic) bond motifs is 1. The van der Waals surface area contributed by atoms with Gasteiger partial charge in [0.25, 0.3) is 0 Å². The quantitative estimate of drug-likeness (QED) is 0.637. The van der Waals surface area contributed by atoms with E-state index in [2.05, 4.69) is 50.5 Å². The summed E-state index contributed by atoms with van der Waals surface area (Å²) in [7, 11) is 0. The van der Waals surface area contributed by atoms with Crippen molar-refractivity contribution in [2.24, 2.45) is 0 Å². The van der Waals surface area contributed by atoms with Crippen molar-refractivity contribution in [1.82, 2.24) is 9.47 Å². The summed E-state index contributed by atoms with van der Waals surface area (Å²) in [5.74, 6) is 0.365. The summed E-state index contributed by atoms with van der Waals surface area (Å²) in [5.41, 5.74) is 4.19. The molecule has 0 fully saturated rings. The summed E-state index contributed by atoms with van der Waals surface area (Å²) in [4.78, 5) is 1.73. The van der Waals surface area contributed by atoms with Crippen LogP contribution in [-0.4, -0.2) is 35.4 Å². The van der Waals surface area contributed by atoms with Crippen LogP contribution >= 0.6 is 0 Å². The van der Waals surface area contributed by atoms with E-state index >= 15 is 0 Å². The molecule has 2 heterocycles. The van der Waals surface area contributed by atoms with Crippen LogP contribution in [0.1, 0.15) is 56.5 Å². The van der Waals surface area contributed by atoms with Crippen LogP contribution < -0.4 is 0 Å². The monoisotopic (exact) mass is 383 g/mol. The SMILES string of the molecule is CC(C)c1ccc2c(C#N)c(C3=CC=CCN3C(CF)CF)n(C(C)C)c2c1. The maximum absolute atomic E-state index is 13.5. The van der Waals surface area contributed by atoms with Gasteiger partial charge in [0, 0.05) is 18.0 Å². The minimum absolute atomic E-state index is 0.0878. The van der Waals surface area contributed by atoms with Gasteiger partial charge in [-0.2, -0.15) is 5.26 Å². The van der Waals surface area contributed by atoms with Gasteiger partial charge in [0.1, 0.15) is 19.4 Å². The number of hydrogen-bond acceptors (Lipinski definition) is 2. The first kappa shape index (κ1) is 20.1. The van der Waals surface area contributed by atoms with Crippen LogP contribution in [0.5, 0.6) is 0 Å². The highest BCUT2D eigenvalue weighted by Gasteiger charge is 2.29. The molecule has 5 heteroatoms. The summed E-state index contributed by atoms with van der Waals surface area (Å²) in [6.45, 7) is 7.28. The fraction of sp³-hybridized carbons (Fsp3) is 0.435. The van der Waals surface area contributed by atoms with Crippen molar-refractivity contribution in [3.05, 3.63) is 53.2 Å². The molecule has 148 valence electrons. The molecule has 0 saturated carbocycles. The van der Waals surface area contributed by atoms with E-state index in [1.54, 1.807) is 4.90 Å². The molecule has 0 amide bonds. The average Bonchev–Trinajstić information content (AvgIpc) is 3.02. The number of nitriles is 1. The van der Waals surface area contributed by atoms with Crippen LogP contribution in [0.4, 0.5) is 8.78 Å². The lowest BCUT2D eigenvalue weighted by Crippen LogP contribution is -2.39. The number of benzene rings is 1. The lowest BCUT2D eigenvalue weighted by atomic mass is 10.0. The standard InChI is InChI=1S/C23H27F2N3/c1-15(2)17-8-9-19-20(14-26)23(28(16(3)4)22(19)11-17)21-7-5-6-10-27(21)18(12-24)13-25/h5-9,11,15-16,18H,10,12-13H2,1-4H3. The highest BCUT2D eigenvalue weighted by Crippen LogP contribution is 2.37. The van der Waals surface area contributed by atoms with Crippen molar-refractivity contribution in [2.45, 2.75) is 45.7 Å². The Labute approximate surface area is 165 Å². The Morgan fingerprint density at radius 3 is 2.43 bits per heavy atom. The Morgan fingerprint density at radius 1 is 1.14 bits per heavy atom. The Hall–Kier alpha value is -2.61. The molecule has 0 radical (unpaired) electrons. The van der Waals surface area contributed by atoms with Gasteiger partial charge in [0.15, 0.2) is 0 Å². The van der Waals surface area contributed by atoms with Gasteiger partial charge in [-0.15, -0.1) is 0 Å². The van der Waals surface area contributed by atoms with Crippen molar-refractivity contribution in [2.75, 3.05) is 19.9 Å². The second kappa shape index (κ2) is 8.18. The summed E-state index contributed by atoms with van der Waals surface area (Å²) in [6.07, 6.45) is 5.63. The van der Waals surface area contributed by atoms with Gasteiger partial charge in [-0.1, -0.05) is 38.1 Å². The van der Waals surface area contributed by atoms with Crippen LogP contribution in [0.2, 0.25) is 0 Å². The topological polar surface area (TPSA) is 32.0 Å². The molecule has 0 N–H and O–H groups in total. The predicted molar refractivity (Wildman–Crippen MR) is 111 cm³/mol. The van der Waals surface area contributed by atoms with Gasteiger partial charge in [-0.05, 0) is 37.5 Å². The molecular formula is C23H27F2N3. The van der Waals surface area contributed by atoms with Crippen molar-refractivity contribution in [3.8, 4) is 6.07 Å².